The highest BCUT2D eigenvalue weighted by atomic mass is 16.2. The normalized spacial score (nSPS) is 19.6. The van der Waals surface area contributed by atoms with Crippen LogP contribution in [0.1, 0.15) is 38.3 Å². The van der Waals surface area contributed by atoms with Crippen molar-refractivity contribution in [2.75, 3.05) is 6.54 Å². The van der Waals surface area contributed by atoms with E-state index in [0.717, 1.165) is 25.9 Å². The quantitative estimate of drug-likeness (QED) is 0.901. The first-order chi connectivity index (χ1) is 9.17. The fraction of sp³-hybridized carbons (Fsp3) is 0.562. The number of nitrogens with zero attached hydrogens (tertiary/aromatic N) is 1. The summed E-state index contributed by atoms with van der Waals surface area (Å²) in [4.78, 5) is 14.6. The van der Waals surface area contributed by atoms with Crippen LogP contribution in [0.15, 0.2) is 24.3 Å². The van der Waals surface area contributed by atoms with E-state index in [0.29, 0.717) is 6.04 Å². The second-order valence-electron chi connectivity index (χ2n) is 5.29. The molecule has 1 heterocycles. The highest BCUT2D eigenvalue weighted by molar-refractivity contribution is 5.82. The van der Waals surface area contributed by atoms with Crippen molar-refractivity contribution in [1.82, 2.24) is 10.2 Å². The Hall–Kier alpha value is -1.35. The molecule has 104 valence electrons. The molecule has 0 saturated carbocycles. The van der Waals surface area contributed by atoms with Crippen LogP contribution in [0.2, 0.25) is 0 Å². The zero-order chi connectivity index (χ0) is 13.8. The zero-order valence-corrected chi connectivity index (χ0v) is 12.1. The van der Waals surface area contributed by atoms with Gasteiger partial charge in [-0.3, -0.25) is 4.79 Å². The number of benzene rings is 1. The van der Waals surface area contributed by atoms with E-state index in [4.69, 9.17) is 0 Å². The highest BCUT2D eigenvalue weighted by Crippen LogP contribution is 2.18. The van der Waals surface area contributed by atoms with Crippen LogP contribution in [0.5, 0.6) is 0 Å². The lowest BCUT2D eigenvalue weighted by Gasteiger charge is -2.33. The molecule has 1 aliphatic rings. The summed E-state index contributed by atoms with van der Waals surface area (Å²) in [5, 5.41) is 3.38. The molecule has 1 amide bonds. The lowest BCUT2D eigenvalue weighted by atomic mass is 9.95. The summed E-state index contributed by atoms with van der Waals surface area (Å²) in [7, 11) is 0. The minimum atomic E-state index is -0.0659. The van der Waals surface area contributed by atoms with Crippen LogP contribution in [0.25, 0.3) is 0 Å². The first-order valence-corrected chi connectivity index (χ1v) is 7.28. The van der Waals surface area contributed by atoms with Gasteiger partial charge in [0.2, 0.25) is 5.91 Å². The maximum absolute atomic E-state index is 12.6. The Morgan fingerprint density at radius 1 is 1.37 bits per heavy atom. The molecule has 19 heavy (non-hydrogen) atoms. The Bertz CT molecular complexity index is 444. The van der Waals surface area contributed by atoms with Crippen molar-refractivity contribution in [3.05, 3.63) is 35.4 Å². The summed E-state index contributed by atoms with van der Waals surface area (Å²) in [5.41, 5.74) is 2.62. The van der Waals surface area contributed by atoms with Gasteiger partial charge in [0, 0.05) is 19.1 Å². The number of carbonyl (C=O) groups excluding carboxylic acids is 1. The van der Waals surface area contributed by atoms with Crippen molar-refractivity contribution in [2.24, 2.45) is 0 Å². The van der Waals surface area contributed by atoms with Crippen LogP contribution in [0.4, 0.5) is 0 Å². The van der Waals surface area contributed by atoms with Crippen LogP contribution in [0, 0.1) is 0 Å². The van der Waals surface area contributed by atoms with Gasteiger partial charge in [-0.2, -0.15) is 0 Å². The Morgan fingerprint density at radius 3 is 2.68 bits per heavy atom. The van der Waals surface area contributed by atoms with Gasteiger partial charge in [-0.15, -0.1) is 0 Å². The molecule has 1 aromatic rings. The summed E-state index contributed by atoms with van der Waals surface area (Å²) >= 11 is 0. The monoisotopic (exact) mass is 260 g/mol. The Balaban J connectivity index is 2.09. The van der Waals surface area contributed by atoms with Crippen LogP contribution in [-0.4, -0.2) is 29.4 Å². The molecule has 1 unspecified atom stereocenters. The summed E-state index contributed by atoms with van der Waals surface area (Å²) in [6, 6.07) is 8.63. The van der Waals surface area contributed by atoms with Crippen molar-refractivity contribution in [3.63, 3.8) is 0 Å². The van der Waals surface area contributed by atoms with Crippen LogP contribution in [0.3, 0.4) is 0 Å². The second-order valence-corrected chi connectivity index (χ2v) is 5.29. The van der Waals surface area contributed by atoms with E-state index in [-0.39, 0.29) is 11.9 Å². The molecule has 3 nitrogen and oxygen atoms in total. The number of hydrogen-bond donors (Lipinski definition) is 1. The van der Waals surface area contributed by atoms with Gasteiger partial charge in [-0.25, -0.2) is 0 Å². The van der Waals surface area contributed by atoms with Crippen molar-refractivity contribution in [3.8, 4) is 0 Å². The van der Waals surface area contributed by atoms with Gasteiger partial charge in [0.05, 0.1) is 6.04 Å². The lowest BCUT2D eigenvalue weighted by molar-refractivity contribution is -0.135. The zero-order valence-electron chi connectivity index (χ0n) is 12.1. The molecule has 3 heteroatoms. The van der Waals surface area contributed by atoms with Gasteiger partial charge in [0.1, 0.15) is 0 Å². The summed E-state index contributed by atoms with van der Waals surface area (Å²) in [6.07, 6.45) is 1.81. The molecule has 0 radical (unpaired) electrons. The molecule has 2 atom stereocenters. The predicted molar refractivity (Wildman–Crippen MR) is 77.9 cm³/mol. The van der Waals surface area contributed by atoms with Gasteiger partial charge < -0.3 is 10.2 Å². The van der Waals surface area contributed by atoms with Crippen molar-refractivity contribution in [2.45, 2.75) is 52.2 Å². The van der Waals surface area contributed by atoms with Gasteiger partial charge in [-0.05, 0) is 37.8 Å². The van der Waals surface area contributed by atoms with E-state index < -0.39 is 0 Å². The topological polar surface area (TPSA) is 32.3 Å². The van der Waals surface area contributed by atoms with E-state index in [1.165, 1.54) is 11.1 Å². The number of nitrogens with one attached hydrogen (secondary N) is 1. The van der Waals surface area contributed by atoms with Crippen molar-refractivity contribution in [1.29, 1.82) is 0 Å². The average Bonchev–Trinajstić information content (AvgIpc) is 2.47. The summed E-state index contributed by atoms with van der Waals surface area (Å²) < 4.78 is 0. The molecule has 0 bridgehead atoms. The number of amides is 1. The molecular weight excluding hydrogens is 236 g/mol. The first kappa shape index (κ1) is 14.1. The third-order valence-electron chi connectivity index (χ3n) is 4.13. The maximum atomic E-state index is 12.6. The molecule has 1 aliphatic heterocycles. The molecule has 0 spiro atoms. The average molecular weight is 260 g/mol. The van der Waals surface area contributed by atoms with E-state index in [1.54, 1.807) is 0 Å². The Labute approximate surface area is 116 Å². The number of carbonyl (C=O) groups is 1. The Morgan fingerprint density at radius 2 is 2.05 bits per heavy atom. The molecule has 0 saturated heterocycles. The Kier molecular flexibility index (Phi) is 4.59. The lowest BCUT2D eigenvalue weighted by Crippen LogP contribution is -2.51. The third-order valence-corrected chi connectivity index (χ3v) is 4.13. The van der Waals surface area contributed by atoms with E-state index in [2.05, 4.69) is 50.4 Å². The van der Waals surface area contributed by atoms with Crippen molar-refractivity contribution < 1.29 is 4.79 Å². The van der Waals surface area contributed by atoms with Gasteiger partial charge >= 0.3 is 0 Å². The fourth-order valence-corrected chi connectivity index (χ4v) is 2.73. The second kappa shape index (κ2) is 6.20. The SMILES string of the molecule is CCC(C)N(CC)C(=O)[C@@H]1Cc2ccccc2CN1. The van der Waals surface area contributed by atoms with Crippen LogP contribution in [-0.2, 0) is 17.8 Å². The number of rotatable bonds is 4. The highest BCUT2D eigenvalue weighted by Gasteiger charge is 2.28. The van der Waals surface area contributed by atoms with Gasteiger partial charge in [-0.1, -0.05) is 31.2 Å². The summed E-state index contributed by atoms with van der Waals surface area (Å²) in [5.74, 6) is 0.242. The fourth-order valence-electron chi connectivity index (χ4n) is 2.73. The molecule has 0 aliphatic carbocycles. The third kappa shape index (κ3) is 2.98. The predicted octanol–water partition coefficient (Wildman–Crippen LogP) is 2.35. The maximum Gasteiger partial charge on any atom is 0.240 e. The van der Waals surface area contributed by atoms with E-state index >= 15 is 0 Å². The van der Waals surface area contributed by atoms with E-state index in [9.17, 15) is 4.79 Å². The molecular formula is C16H24N2O. The van der Waals surface area contributed by atoms with Crippen LogP contribution >= 0.6 is 0 Å². The number of likely N-dealkylation sites (N-methyl/N-ethyl adjacent to an activating group) is 1. The molecule has 1 aromatic carbocycles. The summed E-state index contributed by atoms with van der Waals surface area (Å²) in [6.45, 7) is 7.89. The minimum Gasteiger partial charge on any atom is -0.339 e. The van der Waals surface area contributed by atoms with Gasteiger partial charge in [0.15, 0.2) is 0 Å². The first-order valence-electron chi connectivity index (χ1n) is 7.28. The van der Waals surface area contributed by atoms with Crippen molar-refractivity contribution >= 4 is 5.91 Å². The molecule has 1 N–H and O–H groups in total. The van der Waals surface area contributed by atoms with Gasteiger partial charge in [0.25, 0.3) is 0 Å². The van der Waals surface area contributed by atoms with Crippen LogP contribution < -0.4 is 5.32 Å². The number of fused-ring (bicyclic) bond motifs is 1. The minimum absolute atomic E-state index is 0.0659. The molecule has 0 fully saturated rings. The largest absolute Gasteiger partial charge is 0.339 e. The standard InChI is InChI=1S/C16H24N2O/c1-4-12(3)18(5-2)16(19)15-10-13-8-6-7-9-14(13)11-17-15/h6-9,12,15,17H,4-5,10-11H2,1-3H3/t12?,15-/m0/s1. The molecule has 0 aromatic heterocycles. The smallest absolute Gasteiger partial charge is 0.240 e. The molecule has 2 rings (SSSR count). The van der Waals surface area contributed by atoms with E-state index in [1.807, 2.05) is 4.90 Å². The number of hydrogen-bond acceptors (Lipinski definition) is 2.